The highest BCUT2D eigenvalue weighted by Gasteiger charge is 2.21. The van der Waals surface area contributed by atoms with Gasteiger partial charge in [-0.3, -0.25) is 0 Å². The minimum Gasteiger partial charge on any atom is -0.505 e. The predicted octanol–water partition coefficient (Wildman–Crippen LogP) is 2.61. The standard InChI is InChI=1S/C10H11ClFNO/c11-7-4-3-6(10(14)9(7)12)8-2-1-5-13-8/h3-4,8,13-14H,1-2,5H2/t8-/m0/s1. The molecule has 0 aliphatic carbocycles. The van der Waals surface area contributed by atoms with E-state index in [2.05, 4.69) is 5.32 Å². The second kappa shape index (κ2) is 3.75. The molecule has 1 atom stereocenters. The Labute approximate surface area is 86.7 Å². The molecular formula is C10H11ClFNO. The minimum absolute atomic E-state index is 0.0377. The summed E-state index contributed by atoms with van der Waals surface area (Å²) in [7, 11) is 0. The average Bonchev–Trinajstić information content (AvgIpc) is 2.67. The fourth-order valence-electron chi connectivity index (χ4n) is 1.79. The molecule has 1 aliphatic heterocycles. The first-order valence-electron chi connectivity index (χ1n) is 4.60. The lowest BCUT2D eigenvalue weighted by Crippen LogP contribution is -2.13. The van der Waals surface area contributed by atoms with E-state index in [9.17, 15) is 9.50 Å². The number of hydrogen-bond donors (Lipinski definition) is 2. The zero-order valence-electron chi connectivity index (χ0n) is 7.56. The Bertz CT molecular complexity index is 350. The van der Waals surface area contributed by atoms with Crippen LogP contribution in [0.1, 0.15) is 24.4 Å². The van der Waals surface area contributed by atoms with Gasteiger partial charge >= 0.3 is 0 Å². The second-order valence-electron chi connectivity index (χ2n) is 3.45. The molecule has 1 heterocycles. The predicted molar refractivity (Wildman–Crippen MR) is 53.1 cm³/mol. The number of aromatic hydroxyl groups is 1. The highest BCUT2D eigenvalue weighted by molar-refractivity contribution is 6.30. The Morgan fingerprint density at radius 1 is 1.50 bits per heavy atom. The zero-order valence-corrected chi connectivity index (χ0v) is 8.31. The third-order valence-corrected chi connectivity index (χ3v) is 2.83. The molecule has 4 heteroatoms. The molecule has 1 aliphatic rings. The highest BCUT2D eigenvalue weighted by atomic mass is 35.5. The number of rotatable bonds is 1. The number of phenolic OH excluding ortho intramolecular Hbond substituents is 1. The molecule has 1 aromatic rings. The molecule has 0 saturated carbocycles. The summed E-state index contributed by atoms with van der Waals surface area (Å²) in [6.45, 7) is 0.911. The Balaban J connectivity index is 2.38. The number of nitrogens with one attached hydrogen (secondary N) is 1. The third kappa shape index (κ3) is 1.57. The van der Waals surface area contributed by atoms with Gasteiger partial charge in [0, 0.05) is 11.6 Å². The van der Waals surface area contributed by atoms with Crippen molar-refractivity contribution in [3.8, 4) is 5.75 Å². The van der Waals surface area contributed by atoms with Crippen LogP contribution in [0.4, 0.5) is 4.39 Å². The second-order valence-corrected chi connectivity index (χ2v) is 3.86. The van der Waals surface area contributed by atoms with Gasteiger partial charge in [-0.15, -0.1) is 0 Å². The van der Waals surface area contributed by atoms with Crippen molar-refractivity contribution in [2.45, 2.75) is 18.9 Å². The van der Waals surface area contributed by atoms with Crippen LogP contribution in [-0.2, 0) is 0 Å². The molecule has 14 heavy (non-hydrogen) atoms. The van der Waals surface area contributed by atoms with Crippen LogP contribution in [0.5, 0.6) is 5.75 Å². The first kappa shape index (κ1) is 9.74. The summed E-state index contributed by atoms with van der Waals surface area (Å²) in [5.74, 6) is -1.05. The minimum atomic E-state index is -0.724. The molecule has 1 aromatic carbocycles. The molecule has 0 unspecified atom stereocenters. The Morgan fingerprint density at radius 3 is 2.93 bits per heavy atom. The number of hydrogen-bond acceptors (Lipinski definition) is 2. The smallest absolute Gasteiger partial charge is 0.183 e. The Morgan fingerprint density at radius 2 is 2.29 bits per heavy atom. The normalized spacial score (nSPS) is 21.4. The van der Waals surface area contributed by atoms with Gasteiger partial charge in [-0.25, -0.2) is 4.39 Å². The van der Waals surface area contributed by atoms with Crippen molar-refractivity contribution in [3.63, 3.8) is 0 Å². The summed E-state index contributed by atoms with van der Waals surface area (Å²) in [5.41, 5.74) is 0.601. The van der Waals surface area contributed by atoms with Crippen LogP contribution in [0.3, 0.4) is 0 Å². The molecule has 0 spiro atoms. The average molecular weight is 216 g/mol. The van der Waals surface area contributed by atoms with E-state index < -0.39 is 5.82 Å². The summed E-state index contributed by atoms with van der Waals surface area (Å²) in [6.07, 6.45) is 1.98. The maximum atomic E-state index is 13.2. The van der Waals surface area contributed by atoms with Gasteiger partial charge in [0.15, 0.2) is 11.6 Å². The van der Waals surface area contributed by atoms with E-state index in [4.69, 9.17) is 11.6 Å². The van der Waals surface area contributed by atoms with Crippen molar-refractivity contribution in [3.05, 3.63) is 28.5 Å². The van der Waals surface area contributed by atoms with Gasteiger partial charge in [0.05, 0.1) is 5.02 Å². The van der Waals surface area contributed by atoms with Gasteiger partial charge in [-0.2, -0.15) is 0 Å². The molecule has 0 amide bonds. The molecular weight excluding hydrogens is 205 g/mol. The van der Waals surface area contributed by atoms with Crippen LogP contribution < -0.4 is 5.32 Å². The van der Waals surface area contributed by atoms with E-state index in [0.717, 1.165) is 19.4 Å². The molecule has 2 nitrogen and oxygen atoms in total. The number of halogens is 2. The molecule has 2 N–H and O–H groups in total. The molecule has 0 aromatic heterocycles. The number of benzene rings is 1. The lowest BCUT2D eigenvalue weighted by atomic mass is 10.0. The maximum absolute atomic E-state index is 13.2. The van der Waals surface area contributed by atoms with Crippen molar-refractivity contribution in [1.29, 1.82) is 0 Å². The van der Waals surface area contributed by atoms with Crippen LogP contribution in [0.15, 0.2) is 12.1 Å². The lowest BCUT2D eigenvalue weighted by molar-refractivity contribution is 0.417. The highest BCUT2D eigenvalue weighted by Crippen LogP contribution is 2.34. The SMILES string of the molecule is Oc1c([C@@H]2CCCN2)ccc(Cl)c1F. The monoisotopic (exact) mass is 215 g/mol. The van der Waals surface area contributed by atoms with Crippen LogP contribution >= 0.6 is 11.6 Å². The first-order chi connectivity index (χ1) is 6.70. The van der Waals surface area contributed by atoms with Gasteiger partial charge < -0.3 is 10.4 Å². The Kier molecular flexibility index (Phi) is 2.61. The lowest BCUT2D eigenvalue weighted by Gasteiger charge is -2.13. The van der Waals surface area contributed by atoms with Crippen molar-refractivity contribution in [1.82, 2.24) is 5.32 Å². The van der Waals surface area contributed by atoms with Gasteiger partial charge in [0.1, 0.15) is 0 Å². The maximum Gasteiger partial charge on any atom is 0.183 e. The van der Waals surface area contributed by atoms with E-state index in [1.807, 2.05) is 0 Å². The third-order valence-electron chi connectivity index (χ3n) is 2.54. The molecule has 0 radical (unpaired) electrons. The van der Waals surface area contributed by atoms with E-state index in [0.29, 0.717) is 5.56 Å². The van der Waals surface area contributed by atoms with Gasteiger partial charge in [0.2, 0.25) is 0 Å². The molecule has 1 saturated heterocycles. The van der Waals surface area contributed by atoms with Crippen LogP contribution in [0.2, 0.25) is 5.02 Å². The van der Waals surface area contributed by atoms with Crippen molar-refractivity contribution >= 4 is 11.6 Å². The summed E-state index contributed by atoms with van der Waals surface area (Å²) >= 11 is 5.54. The summed E-state index contributed by atoms with van der Waals surface area (Å²) in [6, 6.07) is 3.21. The quantitative estimate of drug-likeness (QED) is 0.755. The molecule has 0 bridgehead atoms. The van der Waals surface area contributed by atoms with Gasteiger partial charge in [0.25, 0.3) is 0 Å². The summed E-state index contributed by atoms with van der Waals surface area (Å²) in [4.78, 5) is 0. The fraction of sp³-hybridized carbons (Fsp3) is 0.400. The van der Waals surface area contributed by atoms with Gasteiger partial charge in [-0.1, -0.05) is 17.7 Å². The van der Waals surface area contributed by atoms with Crippen LogP contribution in [-0.4, -0.2) is 11.7 Å². The van der Waals surface area contributed by atoms with Crippen molar-refractivity contribution in [2.75, 3.05) is 6.54 Å². The number of phenols is 1. The van der Waals surface area contributed by atoms with E-state index in [-0.39, 0.29) is 16.8 Å². The topological polar surface area (TPSA) is 32.3 Å². The van der Waals surface area contributed by atoms with Crippen LogP contribution in [0, 0.1) is 5.82 Å². The van der Waals surface area contributed by atoms with E-state index >= 15 is 0 Å². The summed E-state index contributed by atoms with van der Waals surface area (Å²) in [5, 5.41) is 12.7. The first-order valence-corrected chi connectivity index (χ1v) is 4.98. The molecule has 76 valence electrons. The molecule has 2 rings (SSSR count). The van der Waals surface area contributed by atoms with E-state index in [1.165, 1.54) is 6.07 Å². The van der Waals surface area contributed by atoms with Gasteiger partial charge in [-0.05, 0) is 25.5 Å². The molecule has 1 fully saturated rings. The Hall–Kier alpha value is -0.800. The van der Waals surface area contributed by atoms with Crippen LogP contribution in [0.25, 0.3) is 0 Å². The van der Waals surface area contributed by atoms with E-state index in [1.54, 1.807) is 6.07 Å². The fourth-order valence-corrected chi connectivity index (χ4v) is 1.94. The van der Waals surface area contributed by atoms with Crippen molar-refractivity contribution < 1.29 is 9.50 Å². The largest absolute Gasteiger partial charge is 0.505 e. The summed E-state index contributed by atoms with van der Waals surface area (Å²) < 4.78 is 13.2. The van der Waals surface area contributed by atoms with Crippen molar-refractivity contribution in [2.24, 2.45) is 0 Å². The zero-order chi connectivity index (χ0) is 10.1.